The second-order valence-corrected chi connectivity index (χ2v) is 10.7. The van der Waals surface area contributed by atoms with E-state index in [0.29, 0.717) is 23.5 Å². The first-order chi connectivity index (χ1) is 19.4. The SMILES string of the molecule is COc1ccccc1N1CCN(c2ccc(NC(=O)Nc3ccccc3Br)cc2C(=O)NCCCN(C)C)CC1. The third-order valence-corrected chi connectivity index (χ3v) is 7.43. The minimum atomic E-state index is -0.387. The van der Waals surface area contributed by atoms with E-state index in [1.54, 1.807) is 13.2 Å². The number of nitrogens with zero attached hydrogens (tertiary/aromatic N) is 3. The average Bonchev–Trinajstić information content (AvgIpc) is 2.96. The number of hydrogen-bond acceptors (Lipinski definition) is 6. The van der Waals surface area contributed by atoms with E-state index >= 15 is 0 Å². The van der Waals surface area contributed by atoms with E-state index in [4.69, 9.17) is 4.74 Å². The lowest BCUT2D eigenvalue weighted by Gasteiger charge is -2.38. The zero-order valence-corrected chi connectivity index (χ0v) is 24.8. The molecule has 40 heavy (non-hydrogen) atoms. The third kappa shape index (κ3) is 7.67. The van der Waals surface area contributed by atoms with Crippen molar-refractivity contribution < 1.29 is 14.3 Å². The molecule has 1 saturated heterocycles. The lowest BCUT2D eigenvalue weighted by Crippen LogP contribution is -2.47. The highest BCUT2D eigenvalue weighted by Gasteiger charge is 2.24. The number of para-hydroxylation sites is 3. The van der Waals surface area contributed by atoms with Crippen molar-refractivity contribution in [3.63, 3.8) is 0 Å². The van der Waals surface area contributed by atoms with Crippen LogP contribution < -0.4 is 30.5 Å². The molecular formula is C30H37BrN6O3. The maximum absolute atomic E-state index is 13.4. The Morgan fingerprint density at radius 2 is 1.57 bits per heavy atom. The molecule has 212 valence electrons. The number of urea groups is 1. The van der Waals surface area contributed by atoms with Gasteiger partial charge in [-0.25, -0.2) is 4.79 Å². The highest BCUT2D eigenvalue weighted by Crippen LogP contribution is 2.31. The van der Waals surface area contributed by atoms with Crippen LogP contribution in [0, 0.1) is 0 Å². The van der Waals surface area contributed by atoms with Gasteiger partial charge in [-0.2, -0.15) is 0 Å². The number of rotatable bonds is 10. The van der Waals surface area contributed by atoms with Crippen LogP contribution in [0.2, 0.25) is 0 Å². The number of carbonyl (C=O) groups excluding carboxylic acids is 2. The van der Waals surface area contributed by atoms with Crippen molar-refractivity contribution >= 4 is 50.6 Å². The fraction of sp³-hybridized carbons (Fsp3) is 0.333. The number of carbonyl (C=O) groups is 2. The fourth-order valence-corrected chi connectivity index (χ4v) is 5.07. The Kier molecular flexibility index (Phi) is 10.3. The lowest BCUT2D eigenvalue weighted by atomic mass is 10.1. The number of anilines is 4. The van der Waals surface area contributed by atoms with E-state index in [1.165, 1.54) is 0 Å². The first kappa shape index (κ1) is 29.2. The smallest absolute Gasteiger partial charge is 0.323 e. The van der Waals surface area contributed by atoms with Gasteiger partial charge < -0.3 is 35.4 Å². The van der Waals surface area contributed by atoms with Crippen LogP contribution in [0.4, 0.5) is 27.5 Å². The van der Waals surface area contributed by atoms with E-state index in [1.807, 2.05) is 68.7 Å². The van der Waals surface area contributed by atoms with E-state index in [9.17, 15) is 9.59 Å². The molecule has 0 bridgehead atoms. The van der Waals surface area contributed by atoms with Gasteiger partial charge in [0, 0.05) is 48.6 Å². The van der Waals surface area contributed by atoms with Gasteiger partial charge in [0.25, 0.3) is 5.91 Å². The molecule has 0 radical (unpaired) electrons. The number of hydrogen-bond donors (Lipinski definition) is 3. The van der Waals surface area contributed by atoms with Gasteiger partial charge in [0.1, 0.15) is 5.75 Å². The average molecular weight is 610 g/mol. The summed E-state index contributed by atoms with van der Waals surface area (Å²) < 4.78 is 6.34. The van der Waals surface area contributed by atoms with Crippen molar-refractivity contribution in [3.8, 4) is 5.75 Å². The van der Waals surface area contributed by atoms with Crippen LogP contribution in [-0.2, 0) is 0 Å². The van der Waals surface area contributed by atoms with Crippen LogP contribution in [0.3, 0.4) is 0 Å². The van der Waals surface area contributed by atoms with E-state index in [0.717, 1.165) is 60.7 Å². The van der Waals surface area contributed by atoms with Gasteiger partial charge in [-0.1, -0.05) is 24.3 Å². The van der Waals surface area contributed by atoms with E-state index in [-0.39, 0.29) is 11.9 Å². The summed E-state index contributed by atoms with van der Waals surface area (Å²) in [7, 11) is 5.71. The molecular weight excluding hydrogens is 572 g/mol. The van der Waals surface area contributed by atoms with E-state index < -0.39 is 0 Å². The second kappa shape index (κ2) is 14.0. The van der Waals surface area contributed by atoms with Gasteiger partial charge in [0.15, 0.2) is 0 Å². The number of methoxy groups -OCH3 is 1. The summed E-state index contributed by atoms with van der Waals surface area (Å²) in [5.74, 6) is 0.695. The van der Waals surface area contributed by atoms with Crippen LogP contribution in [0.15, 0.2) is 71.2 Å². The van der Waals surface area contributed by atoms with Gasteiger partial charge in [0.05, 0.1) is 24.0 Å². The zero-order chi connectivity index (χ0) is 28.5. The minimum absolute atomic E-state index is 0.157. The molecule has 3 amide bonds. The summed E-state index contributed by atoms with van der Waals surface area (Å²) in [4.78, 5) is 32.7. The Hall–Kier alpha value is -3.76. The van der Waals surface area contributed by atoms with Gasteiger partial charge in [0.2, 0.25) is 0 Å². The first-order valence-electron chi connectivity index (χ1n) is 13.4. The van der Waals surface area contributed by atoms with Crippen LogP contribution in [0.25, 0.3) is 0 Å². The molecule has 0 aromatic heterocycles. The number of halogens is 1. The molecule has 1 aliphatic rings. The van der Waals surface area contributed by atoms with Crippen LogP contribution >= 0.6 is 15.9 Å². The topological polar surface area (TPSA) is 89.2 Å². The predicted molar refractivity (Wildman–Crippen MR) is 166 cm³/mol. The highest BCUT2D eigenvalue weighted by molar-refractivity contribution is 9.10. The Balaban J connectivity index is 1.50. The Labute approximate surface area is 244 Å². The summed E-state index contributed by atoms with van der Waals surface area (Å²) in [5, 5.41) is 8.77. The monoisotopic (exact) mass is 608 g/mol. The molecule has 1 fully saturated rings. The Morgan fingerprint density at radius 3 is 2.27 bits per heavy atom. The lowest BCUT2D eigenvalue weighted by molar-refractivity contribution is 0.0952. The van der Waals surface area contributed by atoms with Gasteiger partial charge >= 0.3 is 6.03 Å². The standard InChI is InChI=1S/C30H37BrN6O3/c1-35(2)16-8-15-32-29(38)23-21-22(33-30(39)34-25-10-5-4-9-24(25)31)13-14-26(23)36-17-19-37(20-18-36)27-11-6-7-12-28(27)40-3/h4-7,9-14,21H,8,15-20H2,1-3H3,(H,32,38)(H2,33,34,39). The Morgan fingerprint density at radius 1 is 0.900 bits per heavy atom. The number of piperazine rings is 1. The van der Waals surface area contributed by atoms with Gasteiger partial charge in [-0.15, -0.1) is 0 Å². The summed E-state index contributed by atoms with van der Waals surface area (Å²) in [6.45, 7) is 4.52. The van der Waals surface area contributed by atoms with Crippen LogP contribution in [0.1, 0.15) is 16.8 Å². The molecule has 3 aromatic rings. The number of nitrogens with one attached hydrogen (secondary N) is 3. The zero-order valence-electron chi connectivity index (χ0n) is 23.2. The quantitative estimate of drug-likeness (QED) is 0.277. The molecule has 0 aliphatic carbocycles. The summed E-state index contributed by atoms with van der Waals surface area (Å²) in [6, 6.07) is 20.5. The molecule has 0 saturated carbocycles. The van der Waals surface area contributed by atoms with Crippen LogP contribution in [-0.4, -0.2) is 77.3 Å². The van der Waals surface area contributed by atoms with Crippen molar-refractivity contribution in [2.75, 3.05) is 80.9 Å². The first-order valence-corrected chi connectivity index (χ1v) is 14.2. The molecule has 4 rings (SSSR count). The molecule has 0 unspecified atom stereocenters. The van der Waals surface area contributed by atoms with Crippen molar-refractivity contribution in [3.05, 3.63) is 76.8 Å². The predicted octanol–water partition coefficient (Wildman–Crippen LogP) is 5.11. The molecule has 0 atom stereocenters. The number of benzene rings is 3. The summed E-state index contributed by atoms with van der Waals surface area (Å²) in [5.41, 5.74) is 3.65. The van der Waals surface area contributed by atoms with Crippen LogP contribution in [0.5, 0.6) is 5.75 Å². The molecule has 1 heterocycles. The Bertz CT molecular complexity index is 1310. The maximum Gasteiger partial charge on any atom is 0.323 e. The molecule has 1 aliphatic heterocycles. The largest absolute Gasteiger partial charge is 0.495 e. The highest BCUT2D eigenvalue weighted by atomic mass is 79.9. The fourth-order valence-electron chi connectivity index (χ4n) is 4.69. The molecule has 3 N–H and O–H groups in total. The number of amides is 3. The molecule has 9 nitrogen and oxygen atoms in total. The summed E-state index contributed by atoms with van der Waals surface area (Å²) in [6.07, 6.45) is 0.845. The second-order valence-electron chi connectivity index (χ2n) is 9.85. The van der Waals surface area contributed by atoms with Gasteiger partial charge in [-0.3, -0.25) is 4.79 Å². The molecule has 0 spiro atoms. The normalized spacial score (nSPS) is 13.2. The van der Waals surface area contributed by atoms with Crippen molar-refractivity contribution in [2.24, 2.45) is 0 Å². The molecule has 10 heteroatoms. The van der Waals surface area contributed by atoms with Gasteiger partial charge in [-0.05, 0) is 85.5 Å². The maximum atomic E-state index is 13.4. The summed E-state index contributed by atoms with van der Waals surface area (Å²) >= 11 is 3.45. The third-order valence-electron chi connectivity index (χ3n) is 6.73. The van der Waals surface area contributed by atoms with Crippen molar-refractivity contribution in [1.29, 1.82) is 0 Å². The minimum Gasteiger partial charge on any atom is -0.495 e. The van der Waals surface area contributed by atoms with Crippen molar-refractivity contribution in [1.82, 2.24) is 10.2 Å². The van der Waals surface area contributed by atoms with E-state index in [2.05, 4.69) is 52.6 Å². The molecule has 3 aromatic carbocycles. The van der Waals surface area contributed by atoms with Crippen molar-refractivity contribution in [2.45, 2.75) is 6.42 Å². The number of ether oxygens (including phenoxy) is 1.